The third-order valence-electron chi connectivity index (χ3n) is 4.92. The fraction of sp³-hybridized carbons (Fsp3) is 0.636. The first-order valence-electron chi connectivity index (χ1n) is 9.41. The van der Waals surface area contributed by atoms with Gasteiger partial charge in [-0.05, 0) is 47.9 Å². The summed E-state index contributed by atoms with van der Waals surface area (Å²) in [4.78, 5) is 0. The van der Waals surface area contributed by atoms with Gasteiger partial charge in [0.25, 0.3) is 0 Å². The van der Waals surface area contributed by atoms with Crippen molar-refractivity contribution in [2.24, 2.45) is 0 Å². The first-order chi connectivity index (χ1) is 10.9. The maximum Gasteiger partial charge on any atom is 0.130 e. The quantitative estimate of drug-likeness (QED) is 0.495. The molecule has 0 fully saturated rings. The zero-order valence-electron chi connectivity index (χ0n) is 15.8. The van der Waals surface area contributed by atoms with Gasteiger partial charge >= 0.3 is 0 Å². The molecule has 0 N–H and O–H groups in total. The molecule has 0 aliphatic carbocycles. The first-order valence-corrected chi connectivity index (χ1v) is 9.41. The summed E-state index contributed by atoms with van der Waals surface area (Å²) in [5.74, 6) is 2.19. The highest BCUT2D eigenvalue weighted by Gasteiger charge is 2.20. The lowest BCUT2D eigenvalue weighted by Gasteiger charge is -2.25. The topological polar surface area (TPSA) is 9.23 Å². The van der Waals surface area contributed by atoms with E-state index in [0.717, 1.165) is 17.9 Å². The lowest BCUT2D eigenvalue weighted by atomic mass is 9.84. The Kier molecular flexibility index (Phi) is 6.33. The molecule has 0 bridgehead atoms. The number of hydrogen-bond donors (Lipinski definition) is 0. The maximum atomic E-state index is 6.09. The van der Waals surface area contributed by atoms with Gasteiger partial charge in [-0.25, -0.2) is 0 Å². The molecule has 0 spiro atoms. The lowest BCUT2D eigenvalue weighted by molar-refractivity contribution is 0.397. The lowest BCUT2D eigenvalue weighted by Crippen LogP contribution is -2.14. The van der Waals surface area contributed by atoms with Crippen LogP contribution in [0, 0.1) is 0 Å². The van der Waals surface area contributed by atoms with Gasteiger partial charge in [-0.3, -0.25) is 0 Å². The molecule has 1 aliphatic rings. The monoisotopic (exact) mass is 314 g/mol. The molecule has 0 radical (unpaired) electrons. The van der Waals surface area contributed by atoms with Gasteiger partial charge in [-0.1, -0.05) is 71.9 Å². The van der Waals surface area contributed by atoms with Crippen LogP contribution in [0.5, 0.6) is 5.75 Å². The van der Waals surface area contributed by atoms with E-state index in [1.165, 1.54) is 61.6 Å². The van der Waals surface area contributed by atoms with Crippen molar-refractivity contribution < 1.29 is 4.74 Å². The van der Waals surface area contributed by atoms with E-state index >= 15 is 0 Å². The molecule has 1 aliphatic heterocycles. The Balaban J connectivity index is 1.94. The van der Waals surface area contributed by atoms with Crippen LogP contribution in [0.1, 0.15) is 90.7 Å². The summed E-state index contributed by atoms with van der Waals surface area (Å²) < 4.78 is 6.09. The van der Waals surface area contributed by atoms with Gasteiger partial charge in [0.15, 0.2) is 0 Å². The Hall–Kier alpha value is -1.24. The van der Waals surface area contributed by atoms with Crippen LogP contribution in [-0.4, -0.2) is 0 Å². The zero-order valence-corrected chi connectivity index (χ0v) is 15.8. The van der Waals surface area contributed by atoms with E-state index in [1.54, 1.807) is 0 Å². The minimum atomic E-state index is 0.199. The predicted octanol–water partition coefficient (Wildman–Crippen LogP) is 6.94. The highest BCUT2D eigenvalue weighted by molar-refractivity contribution is 5.45. The Morgan fingerprint density at radius 1 is 1.00 bits per heavy atom. The molecule has 0 atom stereocenters. The van der Waals surface area contributed by atoms with E-state index in [0.29, 0.717) is 0 Å². The van der Waals surface area contributed by atoms with Crippen molar-refractivity contribution in [3.8, 4) is 5.75 Å². The number of allylic oxidation sites excluding steroid dienone is 2. The number of unbranched alkanes of at least 4 members (excludes halogenated alkanes) is 5. The van der Waals surface area contributed by atoms with Gasteiger partial charge in [-0.15, -0.1) is 0 Å². The third-order valence-corrected chi connectivity index (χ3v) is 4.92. The van der Waals surface area contributed by atoms with Crippen molar-refractivity contribution in [1.29, 1.82) is 0 Å². The van der Waals surface area contributed by atoms with Crippen molar-refractivity contribution in [3.63, 3.8) is 0 Å². The summed E-state index contributed by atoms with van der Waals surface area (Å²) in [6.07, 6.45) is 10.4. The number of benzene rings is 1. The Labute approximate surface area is 143 Å². The molecule has 0 saturated carbocycles. The summed E-state index contributed by atoms with van der Waals surface area (Å²) in [7, 11) is 0. The van der Waals surface area contributed by atoms with E-state index in [2.05, 4.69) is 52.8 Å². The molecule has 0 aromatic heterocycles. The average molecular weight is 315 g/mol. The standard InChI is InChI=1S/C22H34O/c1-6-7-8-9-10-11-12-18-15-19-16-20(22(3,4)5)13-14-21(19)23-17(18)2/h13-14,16H,6-12,15H2,1-5H3. The van der Waals surface area contributed by atoms with E-state index in [4.69, 9.17) is 4.74 Å². The average Bonchev–Trinajstić information content (AvgIpc) is 2.49. The van der Waals surface area contributed by atoms with Crippen LogP contribution in [0.25, 0.3) is 0 Å². The van der Waals surface area contributed by atoms with Crippen LogP contribution in [-0.2, 0) is 11.8 Å². The Morgan fingerprint density at radius 3 is 2.39 bits per heavy atom. The molecule has 23 heavy (non-hydrogen) atoms. The van der Waals surface area contributed by atoms with Crippen molar-refractivity contribution in [3.05, 3.63) is 40.7 Å². The van der Waals surface area contributed by atoms with Gasteiger partial charge in [-0.2, -0.15) is 0 Å². The summed E-state index contributed by atoms with van der Waals surface area (Å²) in [6.45, 7) is 11.2. The van der Waals surface area contributed by atoms with Gasteiger partial charge in [0.05, 0.1) is 0 Å². The highest BCUT2D eigenvalue weighted by Crippen LogP contribution is 2.35. The zero-order chi connectivity index (χ0) is 16.9. The number of rotatable bonds is 7. The second-order valence-corrected chi connectivity index (χ2v) is 8.03. The fourth-order valence-corrected chi connectivity index (χ4v) is 3.26. The van der Waals surface area contributed by atoms with Crippen molar-refractivity contribution in [2.75, 3.05) is 0 Å². The molecule has 1 aromatic carbocycles. The third kappa shape index (κ3) is 5.12. The van der Waals surface area contributed by atoms with E-state index in [-0.39, 0.29) is 5.41 Å². The second-order valence-electron chi connectivity index (χ2n) is 8.03. The SMILES string of the molecule is CCCCCCCCC1=C(C)Oc2ccc(C(C)(C)C)cc2C1. The molecule has 128 valence electrons. The van der Waals surface area contributed by atoms with Gasteiger partial charge < -0.3 is 4.74 Å². The summed E-state index contributed by atoms with van der Waals surface area (Å²) >= 11 is 0. The van der Waals surface area contributed by atoms with Crippen molar-refractivity contribution in [1.82, 2.24) is 0 Å². The second kappa shape index (κ2) is 8.04. The minimum absolute atomic E-state index is 0.199. The van der Waals surface area contributed by atoms with Crippen LogP contribution < -0.4 is 4.74 Å². The highest BCUT2D eigenvalue weighted by atomic mass is 16.5. The van der Waals surface area contributed by atoms with Crippen LogP contribution in [0.4, 0.5) is 0 Å². The molecule has 1 nitrogen and oxygen atoms in total. The molecule has 1 aromatic rings. The molecule has 2 rings (SSSR count). The largest absolute Gasteiger partial charge is 0.462 e. The van der Waals surface area contributed by atoms with E-state index in [1.807, 2.05) is 0 Å². The Bertz CT molecular complexity index is 546. The molecular formula is C22H34O. The van der Waals surface area contributed by atoms with Gasteiger partial charge in [0.1, 0.15) is 11.5 Å². The van der Waals surface area contributed by atoms with Crippen LogP contribution in [0.3, 0.4) is 0 Å². The smallest absolute Gasteiger partial charge is 0.130 e. The first kappa shape index (κ1) is 18.1. The molecule has 0 saturated heterocycles. The van der Waals surface area contributed by atoms with E-state index < -0.39 is 0 Å². The molecular weight excluding hydrogens is 280 g/mol. The van der Waals surface area contributed by atoms with E-state index in [9.17, 15) is 0 Å². The minimum Gasteiger partial charge on any atom is -0.462 e. The molecule has 0 amide bonds. The van der Waals surface area contributed by atoms with Crippen LogP contribution >= 0.6 is 0 Å². The summed E-state index contributed by atoms with van der Waals surface area (Å²) in [6, 6.07) is 6.72. The van der Waals surface area contributed by atoms with Crippen LogP contribution in [0.2, 0.25) is 0 Å². The van der Waals surface area contributed by atoms with Crippen molar-refractivity contribution in [2.45, 2.75) is 91.4 Å². The molecule has 0 unspecified atom stereocenters. The molecule has 1 heteroatoms. The fourth-order valence-electron chi connectivity index (χ4n) is 3.26. The number of fused-ring (bicyclic) bond motifs is 1. The van der Waals surface area contributed by atoms with Crippen LogP contribution in [0.15, 0.2) is 29.5 Å². The Morgan fingerprint density at radius 2 is 1.70 bits per heavy atom. The predicted molar refractivity (Wildman–Crippen MR) is 100 cm³/mol. The molecule has 1 heterocycles. The van der Waals surface area contributed by atoms with Crippen molar-refractivity contribution >= 4 is 0 Å². The van der Waals surface area contributed by atoms with Gasteiger partial charge in [0.2, 0.25) is 0 Å². The normalized spacial score (nSPS) is 14.7. The number of ether oxygens (including phenoxy) is 1. The van der Waals surface area contributed by atoms with Gasteiger partial charge in [0, 0.05) is 6.42 Å². The summed E-state index contributed by atoms with van der Waals surface area (Å²) in [5, 5.41) is 0. The summed E-state index contributed by atoms with van der Waals surface area (Å²) in [5.41, 5.74) is 4.46. The number of hydrogen-bond acceptors (Lipinski definition) is 1. The maximum absolute atomic E-state index is 6.09.